The van der Waals surface area contributed by atoms with Gasteiger partial charge in [-0.3, -0.25) is 0 Å². The van der Waals surface area contributed by atoms with Crippen LogP contribution in [0.1, 0.15) is 24.7 Å². The summed E-state index contributed by atoms with van der Waals surface area (Å²) < 4.78 is 0. The van der Waals surface area contributed by atoms with Crippen molar-refractivity contribution in [2.75, 3.05) is 0 Å². The number of hydrogen-bond donors (Lipinski definition) is 2. The van der Waals surface area contributed by atoms with Gasteiger partial charge in [0.2, 0.25) is 0 Å². The van der Waals surface area contributed by atoms with Gasteiger partial charge in [-0.25, -0.2) is 9.97 Å². The molecule has 0 aromatic carbocycles. The molecule has 0 fully saturated rings. The summed E-state index contributed by atoms with van der Waals surface area (Å²) >= 11 is 1.52. The molecule has 0 saturated heterocycles. The molecule has 1 rings (SSSR count). The Kier molecular flexibility index (Phi) is 4.54. The van der Waals surface area contributed by atoms with Crippen molar-refractivity contribution < 1.29 is 5.21 Å². The first-order chi connectivity index (χ1) is 7.51. The third-order valence-electron chi connectivity index (χ3n) is 1.89. The molecule has 5 nitrogen and oxygen atoms in total. The van der Waals surface area contributed by atoms with Crippen LogP contribution < -0.4 is 5.73 Å². The van der Waals surface area contributed by atoms with Crippen molar-refractivity contribution in [3.8, 4) is 0 Å². The van der Waals surface area contributed by atoms with Gasteiger partial charge in [-0.15, -0.1) is 0 Å². The maximum Gasteiger partial charge on any atom is 0.188 e. The molecule has 0 amide bonds. The van der Waals surface area contributed by atoms with Crippen molar-refractivity contribution in [2.24, 2.45) is 10.9 Å². The van der Waals surface area contributed by atoms with Crippen LogP contribution in [0.5, 0.6) is 0 Å². The van der Waals surface area contributed by atoms with Crippen molar-refractivity contribution >= 4 is 17.6 Å². The lowest BCUT2D eigenvalue weighted by Crippen LogP contribution is -2.16. The number of nitrogens with zero attached hydrogens (tertiary/aromatic N) is 3. The van der Waals surface area contributed by atoms with Crippen LogP contribution in [0.25, 0.3) is 0 Å². The Labute approximate surface area is 99.2 Å². The maximum atomic E-state index is 8.46. The quantitative estimate of drug-likeness (QED) is 0.209. The van der Waals surface area contributed by atoms with E-state index in [1.54, 1.807) is 0 Å². The molecule has 0 spiro atoms. The van der Waals surface area contributed by atoms with E-state index in [9.17, 15) is 0 Å². The molecule has 0 aliphatic heterocycles. The highest BCUT2D eigenvalue weighted by Gasteiger charge is 2.09. The molecule has 1 unspecified atom stereocenters. The average molecular weight is 240 g/mol. The van der Waals surface area contributed by atoms with Gasteiger partial charge in [0.15, 0.2) is 5.16 Å². The monoisotopic (exact) mass is 240 g/mol. The molecule has 1 aromatic rings. The van der Waals surface area contributed by atoms with Gasteiger partial charge in [0.1, 0.15) is 5.84 Å². The fourth-order valence-corrected chi connectivity index (χ4v) is 2.31. The smallest absolute Gasteiger partial charge is 0.188 e. The van der Waals surface area contributed by atoms with Crippen molar-refractivity contribution in [1.29, 1.82) is 0 Å². The number of hydrogen-bond acceptors (Lipinski definition) is 5. The fraction of sp³-hybridized carbons (Fsp3) is 0.500. The molecular formula is C10H16N4OS. The lowest BCUT2D eigenvalue weighted by Gasteiger charge is -2.09. The lowest BCUT2D eigenvalue weighted by atomic mass is 10.3. The molecule has 0 saturated carbocycles. The lowest BCUT2D eigenvalue weighted by molar-refractivity contribution is 0.317. The Hall–Kier alpha value is -1.30. The van der Waals surface area contributed by atoms with Crippen molar-refractivity contribution in [3.05, 3.63) is 17.5 Å². The molecule has 1 atom stereocenters. The number of amidine groups is 1. The highest BCUT2D eigenvalue weighted by atomic mass is 32.2. The zero-order valence-corrected chi connectivity index (χ0v) is 10.5. The van der Waals surface area contributed by atoms with Gasteiger partial charge < -0.3 is 10.9 Å². The van der Waals surface area contributed by atoms with Crippen molar-refractivity contribution in [1.82, 2.24) is 9.97 Å². The molecule has 16 heavy (non-hydrogen) atoms. The number of thioether (sulfide) groups is 1. The van der Waals surface area contributed by atoms with E-state index >= 15 is 0 Å². The van der Waals surface area contributed by atoms with Crippen LogP contribution in [-0.4, -0.2) is 26.3 Å². The van der Waals surface area contributed by atoms with Gasteiger partial charge in [-0.1, -0.05) is 23.8 Å². The molecule has 88 valence electrons. The van der Waals surface area contributed by atoms with Crippen molar-refractivity contribution in [3.63, 3.8) is 0 Å². The van der Waals surface area contributed by atoms with E-state index in [4.69, 9.17) is 10.9 Å². The van der Waals surface area contributed by atoms with Crippen LogP contribution in [0, 0.1) is 13.8 Å². The van der Waals surface area contributed by atoms with Crippen LogP contribution in [-0.2, 0) is 0 Å². The standard InChI is InChI=1S/C10H16N4OS/c1-6-4-7(2)13-10(12-6)16-8(3)5-9(11)14-15/h4,8,15H,5H2,1-3H3,(H2,11,14). The van der Waals surface area contributed by atoms with Crippen LogP contribution in [0.2, 0.25) is 0 Å². The molecule has 0 aliphatic rings. The van der Waals surface area contributed by atoms with E-state index in [0.717, 1.165) is 16.5 Å². The number of aromatic nitrogens is 2. The topological polar surface area (TPSA) is 84.4 Å². The zero-order chi connectivity index (χ0) is 12.1. The van der Waals surface area contributed by atoms with Gasteiger partial charge in [0.05, 0.1) is 0 Å². The highest BCUT2D eigenvalue weighted by Crippen LogP contribution is 2.22. The van der Waals surface area contributed by atoms with E-state index in [1.807, 2.05) is 26.8 Å². The zero-order valence-electron chi connectivity index (χ0n) is 9.64. The van der Waals surface area contributed by atoms with Crippen LogP contribution >= 0.6 is 11.8 Å². The van der Waals surface area contributed by atoms with E-state index < -0.39 is 0 Å². The van der Waals surface area contributed by atoms with Crippen LogP contribution in [0.3, 0.4) is 0 Å². The SMILES string of the molecule is Cc1cc(C)nc(SC(C)CC(N)=NO)n1. The summed E-state index contributed by atoms with van der Waals surface area (Å²) in [7, 11) is 0. The molecule has 1 heterocycles. The molecule has 0 bridgehead atoms. The summed E-state index contributed by atoms with van der Waals surface area (Å²) in [5.74, 6) is 0.226. The summed E-state index contributed by atoms with van der Waals surface area (Å²) in [5.41, 5.74) is 7.33. The maximum absolute atomic E-state index is 8.46. The number of rotatable bonds is 4. The fourth-order valence-electron chi connectivity index (χ4n) is 1.30. The largest absolute Gasteiger partial charge is 0.409 e. The molecular weight excluding hydrogens is 224 g/mol. The Morgan fingerprint density at radius 3 is 2.56 bits per heavy atom. The molecule has 6 heteroatoms. The summed E-state index contributed by atoms with van der Waals surface area (Å²) in [6.45, 7) is 5.86. The van der Waals surface area contributed by atoms with Gasteiger partial charge in [-0.05, 0) is 19.9 Å². The summed E-state index contributed by atoms with van der Waals surface area (Å²) in [4.78, 5) is 8.63. The Balaban J connectivity index is 2.65. The summed E-state index contributed by atoms with van der Waals surface area (Å²) in [5, 5.41) is 12.3. The summed E-state index contributed by atoms with van der Waals surface area (Å²) in [6, 6.07) is 1.93. The Bertz CT molecular complexity index is 374. The van der Waals surface area contributed by atoms with Crippen molar-refractivity contribution in [2.45, 2.75) is 37.6 Å². The van der Waals surface area contributed by atoms with Crippen LogP contribution in [0.15, 0.2) is 16.4 Å². The molecule has 0 radical (unpaired) electrons. The third-order valence-corrected chi connectivity index (χ3v) is 2.86. The highest BCUT2D eigenvalue weighted by molar-refractivity contribution is 7.99. The van der Waals surface area contributed by atoms with Gasteiger partial charge in [0, 0.05) is 23.1 Å². The second-order valence-electron chi connectivity index (χ2n) is 3.66. The predicted molar refractivity (Wildman–Crippen MR) is 64.9 cm³/mol. The summed E-state index contributed by atoms with van der Waals surface area (Å²) in [6.07, 6.45) is 0.511. The third kappa shape index (κ3) is 4.06. The molecule has 1 aromatic heterocycles. The first kappa shape index (κ1) is 12.8. The minimum absolute atomic E-state index is 0.178. The number of nitrogens with two attached hydrogens (primary N) is 1. The minimum Gasteiger partial charge on any atom is -0.409 e. The van der Waals surface area contributed by atoms with Gasteiger partial charge in [-0.2, -0.15) is 0 Å². The first-order valence-corrected chi connectivity index (χ1v) is 5.84. The van der Waals surface area contributed by atoms with Crippen LogP contribution in [0.4, 0.5) is 0 Å². The second-order valence-corrected chi connectivity index (χ2v) is 5.06. The Morgan fingerprint density at radius 1 is 1.50 bits per heavy atom. The van der Waals surface area contributed by atoms with Gasteiger partial charge >= 0.3 is 0 Å². The van der Waals surface area contributed by atoms with Gasteiger partial charge in [0.25, 0.3) is 0 Å². The average Bonchev–Trinajstić information content (AvgIpc) is 2.15. The number of aryl methyl sites for hydroxylation is 2. The van der Waals surface area contributed by atoms with E-state index in [1.165, 1.54) is 11.8 Å². The first-order valence-electron chi connectivity index (χ1n) is 4.96. The Morgan fingerprint density at radius 2 is 2.06 bits per heavy atom. The predicted octanol–water partition coefficient (Wildman–Crippen LogP) is 1.71. The molecule has 0 aliphatic carbocycles. The number of oxime groups is 1. The minimum atomic E-state index is 0.178. The molecule has 3 N–H and O–H groups in total. The van der Waals surface area contributed by atoms with E-state index in [-0.39, 0.29) is 11.1 Å². The van der Waals surface area contributed by atoms with E-state index in [2.05, 4.69) is 15.1 Å². The second kappa shape index (κ2) is 5.69. The normalized spacial score (nSPS) is 13.8. The van der Waals surface area contributed by atoms with E-state index in [0.29, 0.717) is 6.42 Å².